The lowest BCUT2D eigenvalue weighted by molar-refractivity contribution is -0.123. The normalized spacial score (nSPS) is 11.0. The highest BCUT2D eigenvalue weighted by Crippen LogP contribution is 2.15. The Labute approximate surface area is 131 Å². The molecule has 0 aliphatic carbocycles. The first-order chi connectivity index (χ1) is 10.1. The summed E-state index contributed by atoms with van der Waals surface area (Å²) in [4.78, 5) is 15.6. The number of aromatic nitrogens is 1. The minimum atomic E-state index is -0.318. The number of nitrogens with one attached hydrogen (secondary N) is 1. The molecule has 0 saturated heterocycles. The number of hydrogen-bond donors (Lipinski definition) is 1. The minimum absolute atomic E-state index is 0.0918. The Balaban J connectivity index is 1.83. The van der Waals surface area contributed by atoms with Gasteiger partial charge in [0, 0.05) is 22.4 Å². The van der Waals surface area contributed by atoms with Crippen molar-refractivity contribution in [2.24, 2.45) is 5.10 Å². The molecule has 0 radical (unpaired) electrons. The van der Waals surface area contributed by atoms with Gasteiger partial charge in [-0.15, -0.1) is 0 Å². The van der Waals surface area contributed by atoms with Gasteiger partial charge in [-0.2, -0.15) is 5.10 Å². The van der Waals surface area contributed by atoms with Crippen molar-refractivity contribution >= 4 is 27.5 Å². The quantitative estimate of drug-likeness (QED) is 0.668. The number of hydrazone groups is 1. The van der Waals surface area contributed by atoms with E-state index in [0.717, 1.165) is 10.0 Å². The molecule has 0 aliphatic heterocycles. The summed E-state index contributed by atoms with van der Waals surface area (Å²) in [5.41, 5.74) is 3.98. The average molecular weight is 348 g/mol. The highest BCUT2D eigenvalue weighted by molar-refractivity contribution is 9.10. The molecule has 1 heterocycles. The molecule has 0 bridgehead atoms. The molecule has 1 amide bonds. The van der Waals surface area contributed by atoms with Gasteiger partial charge in [-0.25, -0.2) is 5.43 Å². The number of benzene rings is 1. The smallest absolute Gasteiger partial charge is 0.277 e. The van der Waals surface area contributed by atoms with E-state index in [1.54, 1.807) is 31.5 Å². The number of halogens is 1. The predicted octanol–water partition coefficient (Wildman–Crippen LogP) is 2.76. The molecular weight excluding hydrogens is 334 g/mol. The van der Waals surface area contributed by atoms with Gasteiger partial charge in [-0.1, -0.05) is 22.0 Å². The standard InChI is InChI=1S/C15H14BrN3O2/c1-11(12-3-2-8-17-9-12)18-19-15(20)10-21-14-6-4-13(16)5-7-14/h2-9H,10H2,1H3,(H,19,20)/b18-11+. The van der Waals surface area contributed by atoms with Crippen LogP contribution in [0.3, 0.4) is 0 Å². The Morgan fingerprint density at radius 1 is 1.33 bits per heavy atom. The lowest BCUT2D eigenvalue weighted by Crippen LogP contribution is -2.25. The van der Waals surface area contributed by atoms with Crippen LogP contribution in [0.25, 0.3) is 0 Å². The summed E-state index contributed by atoms with van der Waals surface area (Å²) < 4.78 is 6.30. The van der Waals surface area contributed by atoms with Gasteiger partial charge in [0.15, 0.2) is 6.61 Å². The van der Waals surface area contributed by atoms with Crippen molar-refractivity contribution in [3.63, 3.8) is 0 Å². The van der Waals surface area contributed by atoms with Crippen molar-refractivity contribution in [2.75, 3.05) is 6.61 Å². The Hall–Kier alpha value is -2.21. The van der Waals surface area contributed by atoms with Gasteiger partial charge >= 0.3 is 0 Å². The van der Waals surface area contributed by atoms with Crippen molar-refractivity contribution in [1.82, 2.24) is 10.4 Å². The molecule has 0 spiro atoms. The summed E-state index contributed by atoms with van der Waals surface area (Å²) in [6.45, 7) is 1.71. The second-order valence-electron chi connectivity index (χ2n) is 4.22. The average Bonchev–Trinajstić information content (AvgIpc) is 2.53. The van der Waals surface area contributed by atoms with E-state index in [-0.39, 0.29) is 12.5 Å². The maximum atomic E-state index is 11.7. The van der Waals surface area contributed by atoms with Crippen LogP contribution in [-0.4, -0.2) is 23.2 Å². The fourth-order valence-corrected chi connectivity index (χ4v) is 1.76. The van der Waals surface area contributed by atoms with E-state index in [4.69, 9.17) is 4.74 Å². The molecule has 2 aromatic rings. The lowest BCUT2D eigenvalue weighted by Gasteiger charge is -2.05. The third-order valence-electron chi connectivity index (χ3n) is 2.61. The van der Waals surface area contributed by atoms with Gasteiger partial charge in [-0.3, -0.25) is 9.78 Å². The summed E-state index contributed by atoms with van der Waals surface area (Å²) in [6.07, 6.45) is 3.37. The number of hydrogen-bond acceptors (Lipinski definition) is 4. The summed E-state index contributed by atoms with van der Waals surface area (Å²) >= 11 is 3.33. The van der Waals surface area contributed by atoms with Crippen LogP contribution in [0.5, 0.6) is 5.75 Å². The van der Waals surface area contributed by atoms with E-state index in [1.165, 1.54) is 0 Å². The minimum Gasteiger partial charge on any atom is -0.484 e. The number of carbonyl (C=O) groups is 1. The van der Waals surface area contributed by atoms with Gasteiger partial charge in [-0.05, 0) is 37.3 Å². The van der Waals surface area contributed by atoms with Crippen molar-refractivity contribution in [2.45, 2.75) is 6.92 Å². The zero-order valence-corrected chi connectivity index (χ0v) is 13.0. The summed E-state index contributed by atoms with van der Waals surface area (Å²) in [5, 5.41) is 4.01. The van der Waals surface area contributed by atoms with E-state index in [1.807, 2.05) is 24.3 Å². The SMILES string of the molecule is C/C(=N\NC(=O)COc1ccc(Br)cc1)c1cccnc1. The number of carbonyl (C=O) groups excluding carboxylic acids is 1. The number of ether oxygens (including phenoxy) is 1. The molecule has 0 fully saturated rings. The molecular formula is C15H14BrN3O2. The summed E-state index contributed by atoms with van der Waals surface area (Å²) in [5.74, 6) is 0.308. The molecule has 21 heavy (non-hydrogen) atoms. The Bertz CT molecular complexity index is 627. The molecule has 6 heteroatoms. The van der Waals surface area contributed by atoms with E-state index in [2.05, 4.69) is 31.4 Å². The molecule has 1 aromatic heterocycles. The van der Waals surface area contributed by atoms with E-state index >= 15 is 0 Å². The molecule has 108 valence electrons. The highest BCUT2D eigenvalue weighted by atomic mass is 79.9. The monoisotopic (exact) mass is 347 g/mol. The van der Waals surface area contributed by atoms with Crippen LogP contribution in [-0.2, 0) is 4.79 Å². The van der Waals surface area contributed by atoms with Crippen LogP contribution in [0.15, 0.2) is 58.4 Å². The van der Waals surface area contributed by atoms with Crippen LogP contribution in [0.2, 0.25) is 0 Å². The third kappa shape index (κ3) is 5.00. The van der Waals surface area contributed by atoms with Crippen molar-refractivity contribution < 1.29 is 9.53 Å². The fraction of sp³-hybridized carbons (Fsp3) is 0.133. The van der Waals surface area contributed by atoms with Gasteiger partial charge in [0.1, 0.15) is 5.75 Å². The predicted molar refractivity (Wildman–Crippen MR) is 84.2 cm³/mol. The Morgan fingerprint density at radius 3 is 2.76 bits per heavy atom. The second-order valence-corrected chi connectivity index (χ2v) is 5.13. The van der Waals surface area contributed by atoms with Crippen molar-refractivity contribution in [3.05, 3.63) is 58.8 Å². The molecule has 1 aromatic carbocycles. The fourth-order valence-electron chi connectivity index (χ4n) is 1.50. The van der Waals surface area contributed by atoms with Gasteiger partial charge in [0.25, 0.3) is 5.91 Å². The van der Waals surface area contributed by atoms with Crippen molar-refractivity contribution in [3.8, 4) is 5.75 Å². The van der Waals surface area contributed by atoms with Crippen LogP contribution < -0.4 is 10.2 Å². The molecule has 0 atom stereocenters. The zero-order chi connectivity index (χ0) is 15.1. The maximum absolute atomic E-state index is 11.7. The van der Waals surface area contributed by atoms with Gasteiger partial charge in [0.05, 0.1) is 5.71 Å². The Kier molecular flexibility index (Phi) is 5.45. The van der Waals surface area contributed by atoms with Crippen LogP contribution in [0.4, 0.5) is 0 Å². The first kappa shape index (κ1) is 15.2. The summed E-state index contributed by atoms with van der Waals surface area (Å²) in [7, 11) is 0. The van der Waals surface area contributed by atoms with Crippen molar-refractivity contribution in [1.29, 1.82) is 0 Å². The molecule has 1 N–H and O–H groups in total. The van der Waals surface area contributed by atoms with Gasteiger partial charge in [0.2, 0.25) is 0 Å². The van der Waals surface area contributed by atoms with Crippen LogP contribution >= 0.6 is 15.9 Å². The number of nitrogens with zero attached hydrogens (tertiary/aromatic N) is 2. The first-order valence-electron chi connectivity index (χ1n) is 6.27. The molecule has 2 rings (SSSR count). The highest BCUT2D eigenvalue weighted by Gasteiger charge is 2.03. The van der Waals surface area contributed by atoms with E-state index in [9.17, 15) is 4.79 Å². The third-order valence-corrected chi connectivity index (χ3v) is 3.14. The van der Waals surface area contributed by atoms with E-state index < -0.39 is 0 Å². The zero-order valence-electron chi connectivity index (χ0n) is 11.4. The molecule has 0 aliphatic rings. The number of rotatable bonds is 5. The number of pyridine rings is 1. The first-order valence-corrected chi connectivity index (χ1v) is 7.06. The molecule has 0 unspecified atom stereocenters. The lowest BCUT2D eigenvalue weighted by atomic mass is 10.2. The van der Waals surface area contributed by atoms with E-state index in [0.29, 0.717) is 11.5 Å². The summed E-state index contributed by atoms with van der Waals surface area (Å²) in [6, 6.07) is 10.9. The van der Waals surface area contributed by atoms with Crippen LogP contribution in [0.1, 0.15) is 12.5 Å². The largest absolute Gasteiger partial charge is 0.484 e. The van der Waals surface area contributed by atoms with Gasteiger partial charge < -0.3 is 4.74 Å². The number of amides is 1. The maximum Gasteiger partial charge on any atom is 0.277 e. The van der Waals surface area contributed by atoms with Crippen LogP contribution in [0, 0.1) is 0 Å². The second kappa shape index (κ2) is 7.54. The topological polar surface area (TPSA) is 63.6 Å². The molecule has 0 saturated carbocycles. The Morgan fingerprint density at radius 2 is 2.10 bits per heavy atom. The molecule has 5 nitrogen and oxygen atoms in total.